The van der Waals surface area contributed by atoms with Gasteiger partial charge in [-0.3, -0.25) is 14.2 Å². The third-order valence-electron chi connectivity index (χ3n) is 5.76. The summed E-state index contributed by atoms with van der Waals surface area (Å²) in [6.07, 6.45) is 3.07. The van der Waals surface area contributed by atoms with Gasteiger partial charge in [0.25, 0.3) is 5.56 Å². The maximum atomic E-state index is 13.5. The number of carbonyl (C=O) groups is 1. The first kappa shape index (κ1) is 22.8. The molecule has 0 saturated heterocycles. The lowest BCUT2D eigenvalue weighted by molar-refractivity contribution is -0.121. The van der Waals surface area contributed by atoms with Gasteiger partial charge in [-0.1, -0.05) is 60.1 Å². The Morgan fingerprint density at radius 3 is 2.77 bits per heavy atom. The van der Waals surface area contributed by atoms with Gasteiger partial charge in [-0.2, -0.15) is 4.98 Å². The zero-order valence-corrected chi connectivity index (χ0v) is 19.8. The Bertz CT molecular complexity index is 1590. The molecule has 10 heteroatoms. The van der Waals surface area contributed by atoms with Crippen LogP contribution in [0, 0.1) is 0 Å². The average molecular weight is 491 g/mol. The Morgan fingerprint density at radius 2 is 1.94 bits per heavy atom. The molecule has 35 heavy (non-hydrogen) atoms. The minimum Gasteiger partial charge on any atom is -0.350 e. The van der Waals surface area contributed by atoms with Crippen molar-refractivity contribution >= 4 is 39.4 Å². The number of para-hydroxylation sites is 1. The molecule has 0 fully saturated rings. The van der Waals surface area contributed by atoms with Crippen LogP contribution in [0.3, 0.4) is 0 Å². The van der Waals surface area contributed by atoms with Gasteiger partial charge in [0.15, 0.2) is 5.82 Å². The standard InChI is InChI=1S/C25H23ClN6O3/c1-2-7-20-29-22(35-30-20)14-31-15-28-23-17-9-4-6-11-19(17)32(24(23)25(31)34)13-21(33)27-12-16-8-3-5-10-18(16)26/h3-6,8-11,15H,2,7,12-14H2,1H3,(H,27,33). The van der Waals surface area contributed by atoms with Gasteiger partial charge in [0, 0.05) is 23.4 Å². The fraction of sp³-hybridized carbons (Fsp3) is 0.240. The number of hydrogen-bond acceptors (Lipinski definition) is 6. The SMILES string of the molecule is CCCc1noc(Cn2cnc3c4ccccc4n(CC(=O)NCc4ccccc4Cl)c3c2=O)n1. The molecule has 0 spiro atoms. The van der Waals surface area contributed by atoms with Crippen LogP contribution in [0.5, 0.6) is 0 Å². The van der Waals surface area contributed by atoms with Crippen molar-refractivity contribution in [2.24, 2.45) is 0 Å². The number of rotatable bonds is 8. The second-order valence-corrected chi connectivity index (χ2v) is 8.61. The first-order valence-electron chi connectivity index (χ1n) is 11.3. The number of hydrogen-bond donors (Lipinski definition) is 1. The van der Waals surface area contributed by atoms with Crippen LogP contribution in [-0.2, 0) is 30.8 Å². The van der Waals surface area contributed by atoms with E-state index in [0.29, 0.717) is 34.2 Å². The van der Waals surface area contributed by atoms with Crippen molar-refractivity contribution in [1.82, 2.24) is 29.6 Å². The number of benzene rings is 2. The van der Waals surface area contributed by atoms with Crippen LogP contribution in [0.4, 0.5) is 0 Å². The number of fused-ring (bicyclic) bond motifs is 3. The number of nitrogens with zero attached hydrogens (tertiary/aromatic N) is 5. The molecule has 0 aliphatic heterocycles. The minimum absolute atomic E-state index is 0.0450. The van der Waals surface area contributed by atoms with E-state index in [2.05, 4.69) is 20.4 Å². The number of amides is 1. The molecule has 0 atom stereocenters. The fourth-order valence-corrected chi connectivity index (χ4v) is 4.29. The molecule has 0 aliphatic rings. The van der Waals surface area contributed by atoms with Crippen LogP contribution in [0.1, 0.15) is 30.6 Å². The Balaban J connectivity index is 1.49. The summed E-state index contributed by atoms with van der Waals surface area (Å²) in [6.45, 7) is 2.37. The van der Waals surface area contributed by atoms with Gasteiger partial charge < -0.3 is 14.4 Å². The van der Waals surface area contributed by atoms with E-state index in [0.717, 1.165) is 22.9 Å². The second kappa shape index (κ2) is 9.71. The van der Waals surface area contributed by atoms with Gasteiger partial charge in [-0.05, 0) is 24.1 Å². The first-order chi connectivity index (χ1) is 17.0. The molecule has 0 unspecified atom stereocenters. The van der Waals surface area contributed by atoms with Crippen molar-refractivity contribution < 1.29 is 9.32 Å². The summed E-state index contributed by atoms with van der Waals surface area (Å²) in [4.78, 5) is 35.3. The van der Waals surface area contributed by atoms with Gasteiger partial charge >= 0.3 is 0 Å². The van der Waals surface area contributed by atoms with Crippen LogP contribution >= 0.6 is 11.6 Å². The highest BCUT2D eigenvalue weighted by Crippen LogP contribution is 2.25. The van der Waals surface area contributed by atoms with Gasteiger partial charge in [0.05, 0.1) is 11.8 Å². The number of aromatic nitrogens is 5. The summed E-state index contributed by atoms with van der Waals surface area (Å²) in [5, 5.41) is 8.22. The molecular formula is C25H23ClN6O3. The van der Waals surface area contributed by atoms with Crippen molar-refractivity contribution in [3.63, 3.8) is 0 Å². The second-order valence-electron chi connectivity index (χ2n) is 8.20. The van der Waals surface area contributed by atoms with E-state index in [1.807, 2.05) is 49.4 Å². The summed E-state index contributed by atoms with van der Waals surface area (Å²) in [5.41, 5.74) is 2.16. The molecule has 2 aromatic carbocycles. The predicted octanol–water partition coefficient (Wildman–Crippen LogP) is 3.70. The third-order valence-corrected chi connectivity index (χ3v) is 6.13. The molecule has 0 radical (unpaired) electrons. The smallest absolute Gasteiger partial charge is 0.278 e. The van der Waals surface area contributed by atoms with E-state index in [1.165, 1.54) is 10.9 Å². The van der Waals surface area contributed by atoms with Crippen molar-refractivity contribution in [3.05, 3.63) is 87.5 Å². The molecule has 0 saturated carbocycles. The number of carbonyl (C=O) groups excluding carboxylic acids is 1. The summed E-state index contributed by atoms with van der Waals surface area (Å²) < 4.78 is 8.42. The van der Waals surface area contributed by atoms with Crippen LogP contribution in [0.15, 0.2) is 64.2 Å². The summed E-state index contributed by atoms with van der Waals surface area (Å²) in [7, 11) is 0. The largest absolute Gasteiger partial charge is 0.350 e. The summed E-state index contributed by atoms with van der Waals surface area (Å²) >= 11 is 6.20. The van der Waals surface area contributed by atoms with Gasteiger partial charge in [-0.25, -0.2) is 4.98 Å². The topological polar surface area (TPSA) is 108 Å². The monoisotopic (exact) mass is 490 g/mol. The average Bonchev–Trinajstić information content (AvgIpc) is 3.43. The first-order valence-corrected chi connectivity index (χ1v) is 11.7. The highest BCUT2D eigenvalue weighted by atomic mass is 35.5. The molecule has 5 aromatic rings. The highest BCUT2D eigenvalue weighted by molar-refractivity contribution is 6.31. The Labute approximate surface area is 205 Å². The van der Waals surface area contributed by atoms with Gasteiger partial charge in [-0.15, -0.1) is 0 Å². The lowest BCUT2D eigenvalue weighted by Crippen LogP contribution is -2.29. The number of aryl methyl sites for hydroxylation is 1. The summed E-state index contributed by atoms with van der Waals surface area (Å²) in [6, 6.07) is 14.8. The molecule has 0 aliphatic carbocycles. The normalized spacial score (nSPS) is 11.4. The van der Waals surface area contributed by atoms with Gasteiger partial charge in [0.1, 0.15) is 24.1 Å². The number of nitrogens with one attached hydrogen (secondary N) is 1. The quantitative estimate of drug-likeness (QED) is 0.355. The third kappa shape index (κ3) is 4.54. The molecule has 0 bridgehead atoms. The van der Waals surface area contributed by atoms with Crippen LogP contribution in [-0.4, -0.2) is 30.2 Å². The van der Waals surface area contributed by atoms with Crippen molar-refractivity contribution in [2.75, 3.05) is 0 Å². The minimum atomic E-state index is -0.291. The van der Waals surface area contributed by atoms with Crippen molar-refractivity contribution in [1.29, 1.82) is 0 Å². The maximum Gasteiger partial charge on any atom is 0.278 e. The number of halogens is 1. The van der Waals surface area contributed by atoms with E-state index < -0.39 is 0 Å². The molecular weight excluding hydrogens is 468 g/mol. The Kier molecular flexibility index (Phi) is 6.33. The molecule has 5 rings (SSSR count). The van der Waals surface area contributed by atoms with Crippen molar-refractivity contribution in [3.8, 4) is 0 Å². The molecule has 1 N–H and O–H groups in total. The zero-order chi connectivity index (χ0) is 24.4. The molecule has 178 valence electrons. The highest BCUT2D eigenvalue weighted by Gasteiger charge is 2.19. The van der Waals surface area contributed by atoms with Crippen LogP contribution in [0.25, 0.3) is 21.9 Å². The van der Waals surface area contributed by atoms with Gasteiger partial charge in [0.2, 0.25) is 11.8 Å². The molecule has 3 heterocycles. The van der Waals surface area contributed by atoms with Crippen LogP contribution in [0.2, 0.25) is 5.02 Å². The summed E-state index contributed by atoms with van der Waals surface area (Å²) in [5.74, 6) is 0.689. The Hall–Kier alpha value is -3.98. The molecule has 1 amide bonds. The van der Waals surface area contributed by atoms with E-state index in [4.69, 9.17) is 16.1 Å². The van der Waals surface area contributed by atoms with Crippen molar-refractivity contribution in [2.45, 2.75) is 39.4 Å². The lowest BCUT2D eigenvalue weighted by atomic mass is 10.2. The van der Waals surface area contributed by atoms with Crippen LogP contribution < -0.4 is 10.9 Å². The molecule has 3 aromatic heterocycles. The lowest BCUT2D eigenvalue weighted by Gasteiger charge is -2.10. The Morgan fingerprint density at radius 1 is 1.14 bits per heavy atom. The van der Waals surface area contributed by atoms with E-state index in [9.17, 15) is 9.59 Å². The molecule has 9 nitrogen and oxygen atoms in total. The predicted molar refractivity (Wildman–Crippen MR) is 132 cm³/mol. The maximum absolute atomic E-state index is 13.5. The zero-order valence-electron chi connectivity index (χ0n) is 19.1. The van der Waals surface area contributed by atoms with E-state index in [1.54, 1.807) is 10.6 Å². The van der Waals surface area contributed by atoms with E-state index in [-0.39, 0.29) is 31.1 Å². The van der Waals surface area contributed by atoms with E-state index >= 15 is 0 Å². The fourth-order valence-electron chi connectivity index (χ4n) is 4.09.